The van der Waals surface area contributed by atoms with Crippen LogP contribution >= 0.6 is 11.6 Å². The van der Waals surface area contributed by atoms with Crippen molar-refractivity contribution in [2.45, 2.75) is 6.92 Å². The van der Waals surface area contributed by atoms with Gasteiger partial charge in [-0.1, -0.05) is 11.6 Å². The normalized spacial score (nSPS) is 9.29. The quantitative estimate of drug-likeness (QED) is 0.780. The van der Waals surface area contributed by atoms with Crippen LogP contribution in [0, 0.1) is 18.3 Å². The van der Waals surface area contributed by atoms with Gasteiger partial charge in [0.15, 0.2) is 0 Å². The third-order valence-electron chi connectivity index (χ3n) is 1.84. The molecule has 0 bridgehead atoms. The summed E-state index contributed by atoms with van der Waals surface area (Å²) in [5, 5.41) is 12.0. The van der Waals surface area contributed by atoms with Crippen LogP contribution in [0.25, 0.3) is 0 Å². The van der Waals surface area contributed by atoms with E-state index in [0.29, 0.717) is 10.8 Å². The fourth-order valence-electron chi connectivity index (χ4n) is 1.11. The molecule has 0 aliphatic carbocycles. The molecule has 74 valence electrons. The van der Waals surface area contributed by atoms with Gasteiger partial charge in [-0.15, -0.1) is 0 Å². The largest absolute Gasteiger partial charge is 0.495 e. The monoisotopic (exact) mass is 210 g/mol. The molecule has 0 spiro atoms. The van der Waals surface area contributed by atoms with Crippen molar-refractivity contribution < 1.29 is 4.74 Å². The Morgan fingerprint density at radius 2 is 2.29 bits per heavy atom. The molecule has 0 atom stereocenters. The Kier molecular flexibility index (Phi) is 3.61. The highest BCUT2D eigenvalue weighted by Gasteiger charge is 2.05. The summed E-state index contributed by atoms with van der Waals surface area (Å²) in [5.41, 5.74) is 1.74. The van der Waals surface area contributed by atoms with Crippen LogP contribution in [0.2, 0.25) is 5.02 Å². The third-order valence-corrected chi connectivity index (χ3v) is 2.25. The van der Waals surface area contributed by atoms with E-state index in [1.54, 1.807) is 13.2 Å². The highest BCUT2D eigenvalue weighted by molar-refractivity contribution is 6.31. The molecule has 0 heterocycles. The van der Waals surface area contributed by atoms with Crippen molar-refractivity contribution in [1.29, 1.82) is 5.26 Å². The molecule has 0 amide bonds. The van der Waals surface area contributed by atoms with E-state index < -0.39 is 0 Å². The Balaban J connectivity index is 3.02. The number of rotatable bonds is 3. The van der Waals surface area contributed by atoms with Crippen LogP contribution < -0.4 is 10.1 Å². The van der Waals surface area contributed by atoms with Crippen LogP contribution in [0.4, 0.5) is 5.69 Å². The van der Waals surface area contributed by atoms with E-state index >= 15 is 0 Å². The highest BCUT2D eigenvalue weighted by atomic mass is 35.5. The summed E-state index contributed by atoms with van der Waals surface area (Å²) in [6.45, 7) is 2.15. The fraction of sp³-hybridized carbons (Fsp3) is 0.300. The average molecular weight is 211 g/mol. The van der Waals surface area contributed by atoms with Crippen LogP contribution in [-0.4, -0.2) is 13.7 Å². The SMILES string of the molecule is COc1cc(Cl)c(C)cc1NCC#N. The van der Waals surface area contributed by atoms with E-state index in [1.807, 2.05) is 19.1 Å². The molecule has 0 fully saturated rings. The van der Waals surface area contributed by atoms with E-state index in [2.05, 4.69) is 5.32 Å². The van der Waals surface area contributed by atoms with Crippen molar-refractivity contribution in [2.24, 2.45) is 0 Å². The number of hydrogen-bond acceptors (Lipinski definition) is 3. The van der Waals surface area contributed by atoms with Gasteiger partial charge in [-0.3, -0.25) is 0 Å². The predicted octanol–water partition coefficient (Wildman–Crippen LogP) is 2.59. The molecule has 0 unspecified atom stereocenters. The maximum atomic E-state index is 8.44. The highest BCUT2D eigenvalue weighted by Crippen LogP contribution is 2.30. The number of aryl methyl sites for hydroxylation is 1. The number of anilines is 1. The molecule has 0 aliphatic rings. The van der Waals surface area contributed by atoms with Crippen LogP contribution in [0.1, 0.15) is 5.56 Å². The lowest BCUT2D eigenvalue weighted by Gasteiger charge is -2.10. The van der Waals surface area contributed by atoms with Crippen LogP contribution in [0.5, 0.6) is 5.75 Å². The lowest BCUT2D eigenvalue weighted by atomic mass is 10.2. The summed E-state index contributed by atoms with van der Waals surface area (Å²) in [5.74, 6) is 0.649. The van der Waals surface area contributed by atoms with E-state index in [-0.39, 0.29) is 6.54 Å². The van der Waals surface area contributed by atoms with Gasteiger partial charge in [0.1, 0.15) is 12.3 Å². The van der Waals surface area contributed by atoms with Gasteiger partial charge in [-0.05, 0) is 18.6 Å². The number of hydrogen-bond donors (Lipinski definition) is 1. The molecule has 4 heteroatoms. The molecule has 1 aromatic carbocycles. The molecule has 1 aromatic rings. The first-order valence-corrected chi connectivity index (χ1v) is 4.51. The van der Waals surface area contributed by atoms with Crippen molar-refractivity contribution in [2.75, 3.05) is 19.0 Å². The minimum atomic E-state index is 0.247. The van der Waals surface area contributed by atoms with Crippen molar-refractivity contribution in [3.8, 4) is 11.8 Å². The van der Waals surface area contributed by atoms with E-state index in [9.17, 15) is 0 Å². The first-order chi connectivity index (χ1) is 6.69. The lowest BCUT2D eigenvalue weighted by Crippen LogP contribution is -2.01. The molecule has 0 aromatic heterocycles. The van der Waals surface area contributed by atoms with Gasteiger partial charge in [0, 0.05) is 11.1 Å². The third kappa shape index (κ3) is 2.30. The Morgan fingerprint density at radius 1 is 1.57 bits per heavy atom. The molecule has 1 rings (SSSR count). The molecule has 1 N–H and O–H groups in total. The van der Waals surface area contributed by atoms with Gasteiger partial charge in [0.2, 0.25) is 0 Å². The van der Waals surface area contributed by atoms with Crippen molar-refractivity contribution in [3.05, 3.63) is 22.7 Å². The van der Waals surface area contributed by atoms with Crippen molar-refractivity contribution in [1.82, 2.24) is 0 Å². The molecule has 0 saturated carbocycles. The smallest absolute Gasteiger partial charge is 0.143 e. The van der Waals surface area contributed by atoms with E-state index in [0.717, 1.165) is 11.3 Å². The topological polar surface area (TPSA) is 45.0 Å². The number of methoxy groups -OCH3 is 1. The molecular formula is C10H11ClN2O. The zero-order chi connectivity index (χ0) is 10.6. The average Bonchev–Trinajstić information content (AvgIpc) is 2.19. The summed E-state index contributed by atoms with van der Waals surface area (Å²) in [6.07, 6.45) is 0. The number of halogens is 1. The summed E-state index contributed by atoms with van der Waals surface area (Å²) < 4.78 is 5.12. The predicted molar refractivity (Wildman–Crippen MR) is 56.8 cm³/mol. The second-order valence-corrected chi connectivity index (χ2v) is 3.22. The number of nitriles is 1. The van der Waals surface area contributed by atoms with E-state index in [4.69, 9.17) is 21.6 Å². The van der Waals surface area contributed by atoms with Crippen molar-refractivity contribution in [3.63, 3.8) is 0 Å². The Morgan fingerprint density at radius 3 is 2.86 bits per heavy atom. The molecule has 14 heavy (non-hydrogen) atoms. The number of nitrogens with one attached hydrogen (secondary N) is 1. The minimum absolute atomic E-state index is 0.247. The Hall–Kier alpha value is -1.40. The maximum absolute atomic E-state index is 8.44. The maximum Gasteiger partial charge on any atom is 0.143 e. The first-order valence-electron chi connectivity index (χ1n) is 4.14. The second-order valence-electron chi connectivity index (χ2n) is 2.81. The number of nitrogens with zero attached hydrogens (tertiary/aromatic N) is 1. The Bertz CT molecular complexity index is 371. The van der Waals surface area contributed by atoms with Gasteiger partial charge >= 0.3 is 0 Å². The molecule has 3 nitrogen and oxygen atoms in total. The zero-order valence-corrected chi connectivity index (χ0v) is 8.85. The van der Waals surface area contributed by atoms with E-state index in [1.165, 1.54) is 0 Å². The fourth-order valence-corrected chi connectivity index (χ4v) is 1.26. The van der Waals surface area contributed by atoms with Gasteiger partial charge < -0.3 is 10.1 Å². The second kappa shape index (κ2) is 4.73. The summed E-state index contributed by atoms with van der Waals surface area (Å²) in [4.78, 5) is 0. The van der Waals surface area contributed by atoms with Gasteiger partial charge in [0.05, 0.1) is 18.9 Å². The molecular weight excluding hydrogens is 200 g/mol. The Labute approximate surface area is 88.3 Å². The summed E-state index contributed by atoms with van der Waals surface area (Å²) >= 11 is 5.93. The summed E-state index contributed by atoms with van der Waals surface area (Å²) in [6, 6.07) is 5.59. The number of benzene rings is 1. The molecule has 0 radical (unpaired) electrons. The lowest BCUT2D eigenvalue weighted by molar-refractivity contribution is 0.416. The van der Waals surface area contributed by atoms with Crippen LogP contribution in [0.15, 0.2) is 12.1 Å². The standard InChI is InChI=1S/C10H11ClN2O/c1-7-5-9(13-4-3-12)10(14-2)6-8(7)11/h5-6,13H,4H2,1-2H3. The van der Waals surface area contributed by atoms with Gasteiger partial charge in [-0.25, -0.2) is 0 Å². The molecule has 0 saturated heterocycles. The zero-order valence-electron chi connectivity index (χ0n) is 8.10. The van der Waals surface area contributed by atoms with Gasteiger partial charge in [-0.2, -0.15) is 5.26 Å². The molecule has 0 aliphatic heterocycles. The van der Waals surface area contributed by atoms with Crippen LogP contribution in [-0.2, 0) is 0 Å². The first kappa shape index (κ1) is 10.7. The minimum Gasteiger partial charge on any atom is -0.495 e. The van der Waals surface area contributed by atoms with Gasteiger partial charge in [0.25, 0.3) is 0 Å². The summed E-state index contributed by atoms with van der Waals surface area (Å²) in [7, 11) is 1.57. The number of ether oxygens (including phenoxy) is 1. The van der Waals surface area contributed by atoms with Crippen LogP contribution in [0.3, 0.4) is 0 Å². The van der Waals surface area contributed by atoms with Crippen molar-refractivity contribution >= 4 is 17.3 Å².